The van der Waals surface area contributed by atoms with E-state index in [1.54, 1.807) is 0 Å². The van der Waals surface area contributed by atoms with E-state index >= 15 is 0 Å². The third-order valence-corrected chi connectivity index (χ3v) is 3.72. The van der Waals surface area contributed by atoms with Gasteiger partial charge in [0.2, 0.25) is 0 Å². The lowest BCUT2D eigenvalue weighted by atomic mass is 10.0. The predicted octanol–water partition coefficient (Wildman–Crippen LogP) is 3.72. The summed E-state index contributed by atoms with van der Waals surface area (Å²) in [5.74, 6) is 0. The third-order valence-electron chi connectivity index (χ3n) is 2.98. The molecule has 0 bridgehead atoms. The van der Waals surface area contributed by atoms with Gasteiger partial charge in [0.1, 0.15) is 0 Å². The summed E-state index contributed by atoms with van der Waals surface area (Å²) < 4.78 is 0. The van der Waals surface area contributed by atoms with Crippen molar-refractivity contribution in [3.8, 4) is 0 Å². The molecule has 0 saturated carbocycles. The van der Waals surface area contributed by atoms with E-state index in [-0.39, 0.29) is 6.04 Å². The molecule has 1 unspecified atom stereocenters. The number of hydrogen-bond donors (Lipinski definition) is 1. The molecule has 0 amide bonds. The fourth-order valence-electron chi connectivity index (χ4n) is 2.13. The number of benzene rings is 1. The molecule has 96 valence electrons. The minimum absolute atomic E-state index is 0.190. The minimum Gasteiger partial charge on any atom is -0.329 e. The molecule has 4 heteroatoms. The molecule has 0 fully saturated rings. The molecule has 0 radical (unpaired) electrons. The van der Waals surface area contributed by atoms with E-state index in [0.717, 1.165) is 12.1 Å². The van der Waals surface area contributed by atoms with Gasteiger partial charge in [0.15, 0.2) is 0 Å². The fraction of sp³-hybridized carbons (Fsp3) is 0.538. The van der Waals surface area contributed by atoms with Crippen molar-refractivity contribution < 1.29 is 0 Å². The summed E-state index contributed by atoms with van der Waals surface area (Å²) in [4.78, 5) is 2.35. The molecule has 1 aromatic rings. The van der Waals surface area contributed by atoms with Crippen LogP contribution in [0.3, 0.4) is 0 Å². The molecule has 0 spiro atoms. The first-order chi connectivity index (χ1) is 8.01. The van der Waals surface area contributed by atoms with Gasteiger partial charge in [-0.15, -0.1) is 0 Å². The summed E-state index contributed by atoms with van der Waals surface area (Å²) in [5, 5.41) is 1.17. The molecule has 17 heavy (non-hydrogen) atoms. The van der Waals surface area contributed by atoms with Crippen molar-refractivity contribution in [1.82, 2.24) is 4.90 Å². The Labute approximate surface area is 114 Å². The van der Waals surface area contributed by atoms with Gasteiger partial charge in [-0.2, -0.15) is 0 Å². The smallest absolute Gasteiger partial charge is 0.0595 e. The van der Waals surface area contributed by atoms with Crippen LogP contribution in [0.15, 0.2) is 18.2 Å². The van der Waals surface area contributed by atoms with Crippen LogP contribution in [0.4, 0.5) is 0 Å². The normalized spacial score (nSPS) is 13.4. The van der Waals surface area contributed by atoms with Crippen LogP contribution < -0.4 is 5.73 Å². The van der Waals surface area contributed by atoms with E-state index in [0.29, 0.717) is 22.6 Å². The van der Waals surface area contributed by atoms with Gasteiger partial charge in [-0.25, -0.2) is 0 Å². The summed E-state index contributed by atoms with van der Waals surface area (Å²) in [7, 11) is 0. The predicted molar refractivity (Wildman–Crippen MR) is 75.8 cm³/mol. The highest BCUT2D eigenvalue weighted by atomic mass is 35.5. The van der Waals surface area contributed by atoms with Gasteiger partial charge in [-0.3, -0.25) is 4.90 Å². The van der Waals surface area contributed by atoms with Crippen LogP contribution in [0.1, 0.15) is 32.4 Å². The average molecular weight is 275 g/mol. The van der Waals surface area contributed by atoms with E-state index < -0.39 is 0 Å². The first-order valence-corrected chi connectivity index (χ1v) is 6.67. The number of halogens is 2. The Morgan fingerprint density at radius 1 is 1.24 bits per heavy atom. The van der Waals surface area contributed by atoms with Crippen LogP contribution in [-0.4, -0.2) is 24.0 Å². The standard InChI is InChI=1S/C13H20Cl2N2/c1-4-17(9(2)3)13(8-16)10-5-6-11(14)12(15)7-10/h5-7,9,13H,4,8,16H2,1-3H3. The molecular weight excluding hydrogens is 255 g/mol. The highest BCUT2D eigenvalue weighted by Crippen LogP contribution is 2.28. The Bertz CT molecular complexity index is 366. The van der Waals surface area contributed by atoms with Crippen molar-refractivity contribution >= 4 is 23.2 Å². The number of hydrogen-bond acceptors (Lipinski definition) is 2. The lowest BCUT2D eigenvalue weighted by molar-refractivity contribution is 0.166. The zero-order valence-electron chi connectivity index (χ0n) is 10.6. The van der Waals surface area contributed by atoms with E-state index in [2.05, 4.69) is 25.7 Å². The molecule has 0 saturated heterocycles. The number of rotatable bonds is 5. The van der Waals surface area contributed by atoms with E-state index in [9.17, 15) is 0 Å². The van der Waals surface area contributed by atoms with Crippen LogP contribution in [0.5, 0.6) is 0 Å². The molecule has 2 N–H and O–H groups in total. The molecule has 0 aliphatic heterocycles. The minimum atomic E-state index is 0.190. The van der Waals surface area contributed by atoms with Gasteiger partial charge in [0.25, 0.3) is 0 Å². The molecule has 0 heterocycles. The van der Waals surface area contributed by atoms with E-state index in [1.807, 2.05) is 18.2 Å². The topological polar surface area (TPSA) is 29.3 Å². The number of nitrogens with two attached hydrogens (primary N) is 1. The molecule has 0 aliphatic rings. The van der Waals surface area contributed by atoms with E-state index in [4.69, 9.17) is 28.9 Å². The van der Waals surface area contributed by atoms with Gasteiger partial charge < -0.3 is 5.73 Å². The number of nitrogens with zero attached hydrogens (tertiary/aromatic N) is 1. The summed E-state index contributed by atoms with van der Waals surface area (Å²) in [5.41, 5.74) is 7.01. The average Bonchev–Trinajstić information content (AvgIpc) is 2.29. The van der Waals surface area contributed by atoms with Crippen molar-refractivity contribution in [2.75, 3.05) is 13.1 Å². The first-order valence-electron chi connectivity index (χ1n) is 5.92. The lowest BCUT2D eigenvalue weighted by Crippen LogP contribution is -2.38. The van der Waals surface area contributed by atoms with Gasteiger partial charge >= 0.3 is 0 Å². The number of likely N-dealkylation sites (N-methyl/N-ethyl adjacent to an activating group) is 1. The fourth-order valence-corrected chi connectivity index (χ4v) is 2.43. The Morgan fingerprint density at radius 2 is 1.88 bits per heavy atom. The summed E-state index contributed by atoms with van der Waals surface area (Å²) in [6, 6.07) is 6.37. The van der Waals surface area contributed by atoms with Crippen molar-refractivity contribution in [2.24, 2.45) is 5.73 Å². The summed E-state index contributed by atoms with van der Waals surface area (Å²) in [6.45, 7) is 8.01. The second-order valence-electron chi connectivity index (χ2n) is 4.35. The molecule has 1 atom stereocenters. The van der Waals surface area contributed by atoms with Crippen LogP contribution in [-0.2, 0) is 0 Å². The zero-order valence-corrected chi connectivity index (χ0v) is 12.1. The highest BCUT2D eigenvalue weighted by molar-refractivity contribution is 6.42. The molecular formula is C13H20Cl2N2. The maximum absolute atomic E-state index is 6.05. The Balaban J connectivity index is 3.03. The van der Waals surface area contributed by atoms with Gasteiger partial charge in [0, 0.05) is 18.6 Å². The Morgan fingerprint density at radius 3 is 2.29 bits per heavy atom. The quantitative estimate of drug-likeness (QED) is 0.887. The van der Waals surface area contributed by atoms with Gasteiger partial charge in [0.05, 0.1) is 10.0 Å². The van der Waals surface area contributed by atoms with Gasteiger partial charge in [-0.1, -0.05) is 36.2 Å². The van der Waals surface area contributed by atoms with Crippen molar-refractivity contribution in [1.29, 1.82) is 0 Å². The van der Waals surface area contributed by atoms with Crippen LogP contribution in [0.2, 0.25) is 10.0 Å². The third kappa shape index (κ3) is 3.59. The summed E-state index contributed by atoms with van der Waals surface area (Å²) in [6.07, 6.45) is 0. The molecule has 2 nitrogen and oxygen atoms in total. The van der Waals surface area contributed by atoms with Crippen molar-refractivity contribution in [3.63, 3.8) is 0 Å². The van der Waals surface area contributed by atoms with Crippen LogP contribution in [0.25, 0.3) is 0 Å². The van der Waals surface area contributed by atoms with Crippen LogP contribution >= 0.6 is 23.2 Å². The second-order valence-corrected chi connectivity index (χ2v) is 5.16. The molecule has 0 aliphatic carbocycles. The van der Waals surface area contributed by atoms with Crippen molar-refractivity contribution in [3.05, 3.63) is 33.8 Å². The lowest BCUT2D eigenvalue weighted by Gasteiger charge is -2.33. The monoisotopic (exact) mass is 274 g/mol. The highest BCUT2D eigenvalue weighted by Gasteiger charge is 2.20. The van der Waals surface area contributed by atoms with Gasteiger partial charge in [-0.05, 0) is 38.1 Å². The maximum Gasteiger partial charge on any atom is 0.0595 e. The second kappa shape index (κ2) is 6.60. The Hall–Kier alpha value is -0.280. The van der Waals surface area contributed by atoms with E-state index in [1.165, 1.54) is 0 Å². The van der Waals surface area contributed by atoms with Crippen molar-refractivity contribution in [2.45, 2.75) is 32.9 Å². The Kier molecular flexibility index (Phi) is 5.74. The zero-order chi connectivity index (χ0) is 13.0. The maximum atomic E-state index is 6.05. The summed E-state index contributed by atoms with van der Waals surface area (Å²) >= 11 is 12.0. The largest absolute Gasteiger partial charge is 0.329 e. The molecule has 1 aromatic carbocycles. The van der Waals surface area contributed by atoms with Crippen LogP contribution in [0, 0.1) is 0 Å². The first kappa shape index (κ1) is 14.8. The SMILES string of the molecule is CCN(C(C)C)C(CN)c1ccc(Cl)c(Cl)c1. The molecule has 0 aromatic heterocycles. The molecule has 1 rings (SSSR count).